The Balaban J connectivity index is 2.21. The van der Waals surface area contributed by atoms with Gasteiger partial charge in [0.15, 0.2) is 0 Å². The first kappa shape index (κ1) is 12.0. The maximum atomic E-state index is 11.3. The summed E-state index contributed by atoms with van der Waals surface area (Å²) in [6.07, 6.45) is 2.56. The highest BCUT2D eigenvalue weighted by Gasteiger charge is 2.00. The number of aromatic nitrogens is 3. The molecule has 0 atom stereocenters. The quantitative estimate of drug-likeness (QED) is 0.652. The molecule has 1 aromatic heterocycles. The molecule has 0 N–H and O–H groups in total. The van der Waals surface area contributed by atoms with Crippen molar-refractivity contribution in [3.63, 3.8) is 0 Å². The van der Waals surface area contributed by atoms with E-state index in [1.165, 1.54) is 15.6 Å². The molecule has 0 aliphatic rings. The standard InChI is InChI=1S/C10H19N3O2/c1-9(2)4-6-15-7-5-13-10(14)12(3)8-11-13/h8-9H,4-7H2,1-3H3. The van der Waals surface area contributed by atoms with Crippen molar-refractivity contribution in [1.82, 2.24) is 14.3 Å². The average molecular weight is 213 g/mol. The minimum Gasteiger partial charge on any atom is -0.380 e. The number of aryl methyl sites for hydroxylation is 1. The Morgan fingerprint density at radius 3 is 2.73 bits per heavy atom. The van der Waals surface area contributed by atoms with Crippen molar-refractivity contribution in [3.8, 4) is 0 Å². The van der Waals surface area contributed by atoms with Crippen molar-refractivity contribution in [2.75, 3.05) is 13.2 Å². The Morgan fingerprint density at radius 2 is 2.20 bits per heavy atom. The molecule has 5 heteroatoms. The van der Waals surface area contributed by atoms with Gasteiger partial charge in [0.1, 0.15) is 6.33 Å². The minimum absolute atomic E-state index is 0.0949. The Bertz CT molecular complexity index is 341. The molecular weight excluding hydrogens is 194 g/mol. The lowest BCUT2D eigenvalue weighted by molar-refractivity contribution is 0.113. The highest BCUT2D eigenvalue weighted by Crippen LogP contribution is 1.98. The normalized spacial score (nSPS) is 11.2. The summed E-state index contributed by atoms with van der Waals surface area (Å²) >= 11 is 0. The monoisotopic (exact) mass is 213 g/mol. The lowest BCUT2D eigenvalue weighted by atomic mass is 10.1. The Labute approximate surface area is 89.7 Å². The van der Waals surface area contributed by atoms with Crippen LogP contribution in [0.15, 0.2) is 11.1 Å². The molecule has 0 aliphatic carbocycles. The molecule has 0 saturated carbocycles. The van der Waals surface area contributed by atoms with Crippen molar-refractivity contribution in [1.29, 1.82) is 0 Å². The fourth-order valence-corrected chi connectivity index (χ4v) is 1.15. The number of nitrogens with zero attached hydrogens (tertiary/aromatic N) is 3. The fraction of sp³-hybridized carbons (Fsp3) is 0.800. The largest absolute Gasteiger partial charge is 0.380 e. The van der Waals surface area contributed by atoms with Gasteiger partial charge in [0, 0.05) is 13.7 Å². The van der Waals surface area contributed by atoms with Crippen LogP contribution in [0.25, 0.3) is 0 Å². The van der Waals surface area contributed by atoms with Crippen molar-refractivity contribution < 1.29 is 4.74 Å². The summed E-state index contributed by atoms with van der Waals surface area (Å²) in [4.78, 5) is 11.3. The number of ether oxygens (including phenoxy) is 1. The average Bonchev–Trinajstić information content (AvgIpc) is 2.48. The van der Waals surface area contributed by atoms with Crippen LogP contribution in [-0.4, -0.2) is 27.6 Å². The molecule has 0 bridgehead atoms. The van der Waals surface area contributed by atoms with Gasteiger partial charge in [-0.1, -0.05) is 13.8 Å². The summed E-state index contributed by atoms with van der Waals surface area (Å²) in [6, 6.07) is 0. The van der Waals surface area contributed by atoms with E-state index in [-0.39, 0.29) is 5.69 Å². The van der Waals surface area contributed by atoms with Crippen molar-refractivity contribution in [2.24, 2.45) is 13.0 Å². The Hall–Kier alpha value is -1.10. The highest BCUT2D eigenvalue weighted by molar-refractivity contribution is 4.64. The second-order valence-electron chi connectivity index (χ2n) is 4.04. The summed E-state index contributed by atoms with van der Waals surface area (Å²) < 4.78 is 8.27. The number of rotatable bonds is 6. The lowest BCUT2D eigenvalue weighted by Crippen LogP contribution is -2.25. The highest BCUT2D eigenvalue weighted by atomic mass is 16.5. The first-order valence-electron chi connectivity index (χ1n) is 5.27. The van der Waals surface area contributed by atoms with E-state index < -0.39 is 0 Å². The zero-order chi connectivity index (χ0) is 11.3. The second kappa shape index (κ2) is 5.70. The fourth-order valence-electron chi connectivity index (χ4n) is 1.15. The summed E-state index contributed by atoms with van der Waals surface area (Å²) in [5.41, 5.74) is -0.0949. The van der Waals surface area contributed by atoms with Crippen LogP contribution < -0.4 is 5.69 Å². The first-order chi connectivity index (χ1) is 7.11. The number of hydrogen-bond acceptors (Lipinski definition) is 3. The van der Waals surface area contributed by atoms with Gasteiger partial charge in [-0.2, -0.15) is 5.10 Å². The van der Waals surface area contributed by atoms with E-state index in [0.717, 1.165) is 13.0 Å². The van der Waals surface area contributed by atoms with Gasteiger partial charge in [0.25, 0.3) is 0 Å². The Morgan fingerprint density at radius 1 is 1.47 bits per heavy atom. The van der Waals surface area contributed by atoms with Gasteiger partial charge < -0.3 is 4.74 Å². The minimum atomic E-state index is -0.0949. The molecule has 0 aromatic carbocycles. The molecular formula is C10H19N3O2. The molecule has 5 nitrogen and oxygen atoms in total. The van der Waals surface area contributed by atoms with Gasteiger partial charge in [0.2, 0.25) is 0 Å². The molecule has 0 amide bonds. The van der Waals surface area contributed by atoms with E-state index in [1.54, 1.807) is 7.05 Å². The lowest BCUT2D eigenvalue weighted by Gasteiger charge is -2.05. The van der Waals surface area contributed by atoms with Crippen LogP contribution >= 0.6 is 0 Å². The van der Waals surface area contributed by atoms with Crippen molar-refractivity contribution in [2.45, 2.75) is 26.8 Å². The molecule has 0 aliphatic heterocycles. The van der Waals surface area contributed by atoms with Gasteiger partial charge in [-0.05, 0) is 12.3 Å². The zero-order valence-corrected chi connectivity index (χ0v) is 9.64. The maximum Gasteiger partial charge on any atom is 0.345 e. The zero-order valence-electron chi connectivity index (χ0n) is 9.64. The van der Waals surface area contributed by atoms with Crippen LogP contribution in [0, 0.1) is 5.92 Å². The SMILES string of the molecule is CC(C)CCOCCn1ncn(C)c1=O. The van der Waals surface area contributed by atoms with Gasteiger partial charge in [-0.25, -0.2) is 9.48 Å². The number of hydrogen-bond donors (Lipinski definition) is 0. The van der Waals surface area contributed by atoms with Crippen molar-refractivity contribution >= 4 is 0 Å². The molecule has 1 aromatic rings. The topological polar surface area (TPSA) is 49.0 Å². The molecule has 0 saturated heterocycles. The summed E-state index contributed by atoms with van der Waals surface area (Å²) in [5.74, 6) is 0.655. The Kier molecular flexibility index (Phi) is 4.55. The predicted octanol–water partition coefficient (Wildman–Crippen LogP) is 0.645. The van der Waals surface area contributed by atoms with Gasteiger partial charge >= 0.3 is 5.69 Å². The molecule has 86 valence electrons. The summed E-state index contributed by atoms with van der Waals surface area (Å²) in [7, 11) is 1.69. The second-order valence-corrected chi connectivity index (χ2v) is 4.04. The van der Waals surface area contributed by atoms with E-state index in [1.807, 2.05) is 0 Å². The molecule has 0 spiro atoms. The first-order valence-corrected chi connectivity index (χ1v) is 5.27. The predicted molar refractivity (Wildman–Crippen MR) is 57.7 cm³/mol. The third-order valence-corrected chi connectivity index (χ3v) is 2.17. The summed E-state index contributed by atoms with van der Waals surface area (Å²) in [6.45, 7) is 6.14. The van der Waals surface area contributed by atoms with Gasteiger partial charge in [-0.15, -0.1) is 0 Å². The smallest absolute Gasteiger partial charge is 0.345 e. The van der Waals surface area contributed by atoms with Crippen LogP contribution in [-0.2, 0) is 18.3 Å². The van der Waals surface area contributed by atoms with E-state index in [2.05, 4.69) is 18.9 Å². The van der Waals surface area contributed by atoms with Crippen LogP contribution in [0.3, 0.4) is 0 Å². The van der Waals surface area contributed by atoms with Crippen molar-refractivity contribution in [3.05, 3.63) is 16.8 Å². The van der Waals surface area contributed by atoms with Crippen LogP contribution in [0.4, 0.5) is 0 Å². The van der Waals surface area contributed by atoms with Crippen LogP contribution in [0.1, 0.15) is 20.3 Å². The molecule has 1 rings (SSSR count). The molecule has 0 unspecified atom stereocenters. The van der Waals surface area contributed by atoms with E-state index in [4.69, 9.17) is 4.74 Å². The van der Waals surface area contributed by atoms with Crippen LogP contribution in [0.2, 0.25) is 0 Å². The van der Waals surface area contributed by atoms with E-state index in [9.17, 15) is 4.79 Å². The third kappa shape index (κ3) is 3.87. The van der Waals surface area contributed by atoms with Gasteiger partial charge in [-0.3, -0.25) is 4.57 Å². The van der Waals surface area contributed by atoms with Gasteiger partial charge in [0.05, 0.1) is 13.2 Å². The van der Waals surface area contributed by atoms with E-state index in [0.29, 0.717) is 19.1 Å². The molecule has 15 heavy (non-hydrogen) atoms. The molecule has 1 heterocycles. The third-order valence-electron chi connectivity index (χ3n) is 2.17. The molecule has 0 fully saturated rings. The summed E-state index contributed by atoms with van der Waals surface area (Å²) in [5, 5.41) is 3.94. The van der Waals surface area contributed by atoms with Crippen LogP contribution in [0.5, 0.6) is 0 Å². The molecule has 0 radical (unpaired) electrons. The maximum absolute atomic E-state index is 11.3. The van der Waals surface area contributed by atoms with E-state index >= 15 is 0 Å².